The molecule has 1 aromatic heterocycles. The quantitative estimate of drug-likeness (QED) is 0.290. The molecule has 0 aliphatic heterocycles. The zero-order chi connectivity index (χ0) is 27.2. The molecule has 3 rings (SSSR count). The average Bonchev–Trinajstić information content (AvgIpc) is 2.86. The maximum absolute atomic E-state index is 13.6. The second-order valence-electron chi connectivity index (χ2n) is 9.35. The highest BCUT2D eigenvalue weighted by molar-refractivity contribution is 7.99. The number of aromatic nitrogens is 2. The lowest BCUT2D eigenvalue weighted by molar-refractivity contribution is -0.143. The van der Waals surface area contributed by atoms with Gasteiger partial charge in [0.1, 0.15) is 11.4 Å². The van der Waals surface area contributed by atoms with Crippen molar-refractivity contribution in [2.75, 3.05) is 30.1 Å². The average molecular weight is 524 g/mol. The van der Waals surface area contributed by atoms with Crippen molar-refractivity contribution in [1.29, 1.82) is 0 Å². The van der Waals surface area contributed by atoms with E-state index in [0.29, 0.717) is 17.3 Å². The highest BCUT2D eigenvalue weighted by atomic mass is 32.2. The fourth-order valence-electron chi connectivity index (χ4n) is 3.86. The predicted octanol–water partition coefficient (Wildman–Crippen LogP) is 5.23. The second-order valence-corrected chi connectivity index (χ2v) is 10.3. The molecule has 2 aromatic carbocycles. The van der Waals surface area contributed by atoms with Crippen LogP contribution in [0.5, 0.6) is 0 Å². The number of thioether (sulfide) groups is 1. The van der Waals surface area contributed by atoms with Gasteiger partial charge in [-0.05, 0) is 75.2 Å². The van der Waals surface area contributed by atoms with Gasteiger partial charge in [0.05, 0.1) is 5.75 Å². The first-order chi connectivity index (χ1) is 17.5. The molecular formula is C28H34FN5O2S. The number of hydrogen-bond acceptors (Lipinski definition) is 6. The molecule has 0 aliphatic rings. The van der Waals surface area contributed by atoms with Gasteiger partial charge < -0.3 is 15.1 Å². The van der Waals surface area contributed by atoms with Crippen molar-refractivity contribution in [1.82, 2.24) is 14.9 Å². The number of amides is 2. The number of carbonyl (C=O) groups excluding carboxylic acids is 2. The monoisotopic (exact) mass is 523 g/mol. The zero-order valence-electron chi connectivity index (χ0n) is 22.2. The molecule has 2 amide bonds. The minimum absolute atomic E-state index is 0.0600. The normalized spacial score (nSPS) is 12.5. The zero-order valence-corrected chi connectivity index (χ0v) is 23.0. The fraction of sp³-hybridized carbons (Fsp3) is 0.357. The molecule has 0 saturated carbocycles. The molecule has 3 aromatic rings. The Labute approximate surface area is 222 Å². The molecule has 196 valence electrons. The fourth-order valence-corrected chi connectivity index (χ4v) is 4.68. The lowest BCUT2D eigenvalue weighted by Crippen LogP contribution is -2.57. The van der Waals surface area contributed by atoms with Crippen LogP contribution in [0.2, 0.25) is 0 Å². The van der Waals surface area contributed by atoms with Crippen LogP contribution in [0.4, 0.5) is 15.8 Å². The SMILES string of the molecule is CCC(C)(C(=O)Nc1ccc(N(C)C)cc1)N(Cc1ccc(F)cc1)C(=O)CSc1nc(C)cc(C)n1. The summed E-state index contributed by atoms with van der Waals surface area (Å²) in [7, 11) is 3.89. The van der Waals surface area contributed by atoms with Gasteiger partial charge in [-0.1, -0.05) is 30.8 Å². The van der Waals surface area contributed by atoms with Crippen LogP contribution >= 0.6 is 11.8 Å². The second kappa shape index (κ2) is 12.2. The molecule has 7 nitrogen and oxygen atoms in total. The van der Waals surface area contributed by atoms with Gasteiger partial charge in [0, 0.05) is 43.4 Å². The van der Waals surface area contributed by atoms with Gasteiger partial charge in [-0.2, -0.15) is 0 Å². The van der Waals surface area contributed by atoms with Crippen LogP contribution in [0.3, 0.4) is 0 Å². The number of rotatable bonds is 10. The molecule has 9 heteroatoms. The molecular weight excluding hydrogens is 489 g/mol. The van der Waals surface area contributed by atoms with Crippen molar-refractivity contribution < 1.29 is 14.0 Å². The summed E-state index contributed by atoms with van der Waals surface area (Å²) in [5.74, 6) is -0.832. The number of anilines is 2. The van der Waals surface area contributed by atoms with E-state index in [1.807, 2.05) is 70.1 Å². The van der Waals surface area contributed by atoms with Crippen LogP contribution in [-0.2, 0) is 16.1 Å². The number of aryl methyl sites for hydroxylation is 2. The van der Waals surface area contributed by atoms with Gasteiger partial charge in [0.2, 0.25) is 11.8 Å². The lowest BCUT2D eigenvalue weighted by atomic mass is 9.93. The molecule has 0 fully saturated rings. The molecule has 0 bridgehead atoms. The van der Waals surface area contributed by atoms with Crippen LogP contribution in [0.25, 0.3) is 0 Å². The van der Waals surface area contributed by atoms with Crippen LogP contribution in [0.1, 0.15) is 37.2 Å². The Morgan fingerprint density at radius 1 is 1.00 bits per heavy atom. The van der Waals surface area contributed by atoms with Crippen molar-refractivity contribution in [3.63, 3.8) is 0 Å². The van der Waals surface area contributed by atoms with Crippen molar-refractivity contribution in [2.45, 2.75) is 51.4 Å². The van der Waals surface area contributed by atoms with Crippen molar-refractivity contribution in [3.05, 3.63) is 77.4 Å². The molecule has 1 unspecified atom stereocenters. The molecule has 0 spiro atoms. The highest BCUT2D eigenvalue weighted by Crippen LogP contribution is 2.27. The standard InChI is InChI=1S/C28H34FN5O2S/c1-7-28(4,26(36)32-23-12-14-24(15-13-23)33(5)6)34(17-21-8-10-22(29)11-9-21)25(35)18-37-27-30-19(2)16-20(3)31-27/h8-16H,7,17-18H2,1-6H3,(H,32,36). The van der Waals surface area contributed by atoms with E-state index >= 15 is 0 Å². The summed E-state index contributed by atoms with van der Waals surface area (Å²) in [5, 5.41) is 3.49. The molecule has 1 N–H and O–H groups in total. The van der Waals surface area contributed by atoms with Crippen molar-refractivity contribution >= 4 is 35.0 Å². The van der Waals surface area contributed by atoms with Gasteiger partial charge >= 0.3 is 0 Å². The lowest BCUT2D eigenvalue weighted by Gasteiger charge is -2.39. The first-order valence-corrected chi connectivity index (χ1v) is 13.1. The summed E-state index contributed by atoms with van der Waals surface area (Å²) in [6, 6.07) is 15.3. The predicted molar refractivity (Wildman–Crippen MR) is 147 cm³/mol. The Morgan fingerprint density at radius 3 is 2.14 bits per heavy atom. The number of carbonyl (C=O) groups is 2. The van der Waals surface area contributed by atoms with Crippen LogP contribution in [0, 0.1) is 19.7 Å². The Kier molecular flexibility index (Phi) is 9.26. The van der Waals surface area contributed by atoms with E-state index in [1.54, 1.807) is 24.0 Å². The van der Waals surface area contributed by atoms with Crippen LogP contribution in [-0.4, -0.2) is 52.1 Å². The maximum Gasteiger partial charge on any atom is 0.250 e. The Morgan fingerprint density at radius 2 is 1.59 bits per heavy atom. The summed E-state index contributed by atoms with van der Waals surface area (Å²) in [4.78, 5) is 39.6. The van der Waals surface area contributed by atoms with E-state index in [-0.39, 0.29) is 29.9 Å². The van der Waals surface area contributed by atoms with Gasteiger partial charge in [0.15, 0.2) is 5.16 Å². The summed E-state index contributed by atoms with van der Waals surface area (Å²) < 4.78 is 13.5. The minimum atomic E-state index is -1.16. The van der Waals surface area contributed by atoms with E-state index in [4.69, 9.17) is 0 Å². The van der Waals surface area contributed by atoms with E-state index in [9.17, 15) is 14.0 Å². The van der Waals surface area contributed by atoms with E-state index in [1.165, 1.54) is 23.9 Å². The summed E-state index contributed by atoms with van der Waals surface area (Å²) in [5.41, 5.74) is 2.87. The summed E-state index contributed by atoms with van der Waals surface area (Å²) in [6.07, 6.45) is 0.381. The van der Waals surface area contributed by atoms with Crippen molar-refractivity contribution in [2.24, 2.45) is 0 Å². The third-order valence-corrected chi connectivity index (χ3v) is 7.09. The number of nitrogens with one attached hydrogen (secondary N) is 1. The van der Waals surface area contributed by atoms with Gasteiger partial charge in [-0.25, -0.2) is 14.4 Å². The van der Waals surface area contributed by atoms with Crippen molar-refractivity contribution in [3.8, 4) is 0 Å². The van der Waals surface area contributed by atoms with E-state index in [2.05, 4.69) is 15.3 Å². The summed E-state index contributed by atoms with van der Waals surface area (Å²) >= 11 is 1.23. The van der Waals surface area contributed by atoms with Crippen LogP contribution in [0.15, 0.2) is 59.8 Å². The van der Waals surface area contributed by atoms with Gasteiger partial charge in [-0.15, -0.1) is 0 Å². The molecule has 0 aliphatic carbocycles. The number of halogens is 1. The molecule has 1 heterocycles. The maximum atomic E-state index is 13.6. The smallest absolute Gasteiger partial charge is 0.250 e. The van der Waals surface area contributed by atoms with E-state index < -0.39 is 5.54 Å². The first kappa shape index (κ1) is 28.1. The number of benzene rings is 2. The number of hydrogen-bond donors (Lipinski definition) is 1. The Hall–Kier alpha value is -3.46. The Bertz CT molecular complexity index is 1210. The van der Waals surface area contributed by atoms with Gasteiger partial charge in [0.25, 0.3) is 0 Å². The van der Waals surface area contributed by atoms with E-state index in [0.717, 1.165) is 22.6 Å². The molecule has 1 atom stereocenters. The molecule has 37 heavy (non-hydrogen) atoms. The molecule has 0 radical (unpaired) electrons. The highest BCUT2D eigenvalue weighted by Gasteiger charge is 2.40. The minimum Gasteiger partial charge on any atom is -0.378 e. The third-order valence-electron chi connectivity index (χ3n) is 6.26. The van der Waals surface area contributed by atoms with Gasteiger partial charge in [-0.3, -0.25) is 9.59 Å². The third kappa shape index (κ3) is 7.29. The molecule has 0 saturated heterocycles. The summed E-state index contributed by atoms with van der Waals surface area (Å²) in [6.45, 7) is 7.55. The Balaban J connectivity index is 1.87. The topological polar surface area (TPSA) is 78.4 Å². The number of nitrogens with zero attached hydrogens (tertiary/aromatic N) is 4. The largest absolute Gasteiger partial charge is 0.378 e. The van der Waals surface area contributed by atoms with Crippen LogP contribution < -0.4 is 10.2 Å². The first-order valence-electron chi connectivity index (χ1n) is 12.1.